The second-order valence-corrected chi connectivity index (χ2v) is 16.9. The minimum absolute atomic E-state index is 0.00259. The molecule has 14 heteroatoms. The van der Waals surface area contributed by atoms with Gasteiger partial charge in [0.1, 0.15) is 36.3 Å². The van der Waals surface area contributed by atoms with Gasteiger partial charge in [0.25, 0.3) is 0 Å². The van der Waals surface area contributed by atoms with E-state index in [4.69, 9.17) is 0 Å². The van der Waals surface area contributed by atoms with Crippen LogP contribution in [0.1, 0.15) is 42.0 Å². The molecule has 2 aliphatic heterocycles. The topological polar surface area (TPSA) is 202 Å². The zero-order valence-electron chi connectivity index (χ0n) is 36.0. The van der Waals surface area contributed by atoms with Crippen LogP contribution >= 0.6 is 0 Å². The quantitative estimate of drug-likeness (QED) is 0.115. The summed E-state index contributed by atoms with van der Waals surface area (Å²) in [7, 11) is 0. The normalized spacial score (nSPS) is 23.1. The highest BCUT2D eigenvalue weighted by Crippen LogP contribution is 2.24. The van der Waals surface area contributed by atoms with Crippen molar-refractivity contribution in [2.24, 2.45) is 0 Å². The number of fused-ring (bicyclic) bond motifs is 3. The zero-order chi connectivity index (χ0) is 45.5. The van der Waals surface area contributed by atoms with Crippen LogP contribution in [0.3, 0.4) is 0 Å². The summed E-state index contributed by atoms with van der Waals surface area (Å²) < 4.78 is 0. The van der Waals surface area contributed by atoms with Crippen LogP contribution in [0, 0.1) is 0 Å². The molecule has 2 fully saturated rings. The van der Waals surface area contributed by atoms with Gasteiger partial charge in [-0.3, -0.25) is 28.8 Å². The number of aliphatic hydroxyl groups excluding tert-OH is 1. The molecule has 7 atom stereocenters. The number of hydrogen-bond donors (Lipinski definition) is 7. The Balaban J connectivity index is 1.21. The van der Waals surface area contributed by atoms with E-state index < -0.39 is 77.8 Å². The van der Waals surface area contributed by atoms with Gasteiger partial charge in [0.2, 0.25) is 35.4 Å². The average Bonchev–Trinajstić information content (AvgIpc) is 3.98. The lowest BCUT2D eigenvalue weighted by molar-refractivity contribution is -0.143. The van der Waals surface area contributed by atoms with E-state index in [2.05, 4.69) is 31.6 Å². The number of H-pyrrole nitrogens is 1. The van der Waals surface area contributed by atoms with E-state index in [-0.39, 0.29) is 32.2 Å². The Morgan fingerprint density at radius 2 is 1.06 bits per heavy atom. The molecule has 14 nitrogen and oxygen atoms in total. The Bertz CT molecular complexity index is 2680. The summed E-state index contributed by atoms with van der Waals surface area (Å²) >= 11 is 0. The van der Waals surface area contributed by atoms with Crippen molar-refractivity contribution in [3.63, 3.8) is 0 Å². The summed E-state index contributed by atoms with van der Waals surface area (Å²) in [4.78, 5) is 92.2. The third-order valence-electron chi connectivity index (χ3n) is 12.4. The number of aliphatic hydroxyl groups is 1. The van der Waals surface area contributed by atoms with Crippen LogP contribution in [0.15, 0.2) is 134 Å². The summed E-state index contributed by atoms with van der Waals surface area (Å²) in [6.45, 7) is 1.56. The first-order valence-corrected chi connectivity index (χ1v) is 22.1. The van der Waals surface area contributed by atoms with Crippen molar-refractivity contribution in [1.29, 1.82) is 0 Å². The fraction of sp³-hybridized carbons (Fsp3) is 0.294. The molecule has 65 heavy (non-hydrogen) atoms. The van der Waals surface area contributed by atoms with Crippen LogP contribution in [-0.4, -0.2) is 99.3 Å². The van der Waals surface area contributed by atoms with Crippen LogP contribution in [0.4, 0.5) is 0 Å². The van der Waals surface area contributed by atoms with Gasteiger partial charge in [-0.15, -0.1) is 0 Å². The summed E-state index contributed by atoms with van der Waals surface area (Å²) in [6, 6.07) is 31.5. The Hall–Kier alpha value is -7.32. The van der Waals surface area contributed by atoms with Gasteiger partial charge in [-0.05, 0) is 58.9 Å². The number of carbonyl (C=O) groups is 6. The van der Waals surface area contributed by atoms with Crippen molar-refractivity contribution in [3.8, 4) is 0 Å². The standard InChI is InChI=1S/C51H53N7O7/c1-31(59)45-50(64)56-43(27-33-16-6-3-7-17-33)51(65)58-25-13-24-44(58)49(63)55-41(28-35-20-12-19-34-18-8-9-21-37(34)35)46(60)54-42(29-36-30-52-39-23-11-10-22-38(36)39)47(61)53-40(48(62)57-45)26-32-14-4-2-5-15-32/h2-12,14-23,30-31,40-45,52,59H,13,24-29H2,1H3,(H,53,61)(H,54,60)(H,55,63)(H,56,64)(H,57,62)/t31-,40+,41+,42-,43+,44+,45+/m1/s1. The predicted octanol–water partition coefficient (Wildman–Crippen LogP) is 3.40. The maximum Gasteiger partial charge on any atom is 0.246 e. The van der Waals surface area contributed by atoms with Crippen molar-refractivity contribution in [1.82, 2.24) is 36.5 Å². The van der Waals surface area contributed by atoms with E-state index in [1.807, 2.05) is 91.0 Å². The van der Waals surface area contributed by atoms with E-state index in [9.17, 15) is 33.9 Å². The summed E-state index contributed by atoms with van der Waals surface area (Å²) in [5, 5.41) is 27.9. The van der Waals surface area contributed by atoms with E-state index in [1.54, 1.807) is 42.6 Å². The molecule has 8 rings (SSSR count). The number of hydrogen-bond acceptors (Lipinski definition) is 7. The number of carbonyl (C=O) groups excluding carboxylic acids is 6. The molecule has 0 bridgehead atoms. The lowest BCUT2D eigenvalue weighted by atomic mass is 9.97. The molecule has 5 aromatic carbocycles. The molecular formula is C51H53N7O7. The first-order chi connectivity index (χ1) is 31.5. The molecule has 6 aromatic rings. The third kappa shape index (κ3) is 10.4. The van der Waals surface area contributed by atoms with Crippen LogP contribution in [0.25, 0.3) is 21.7 Å². The Morgan fingerprint density at radius 1 is 0.538 bits per heavy atom. The van der Waals surface area contributed by atoms with E-state index >= 15 is 0 Å². The molecule has 6 amide bonds. The molecule has 1 aromatic heterocycles. The minimum atomic E-state index is -1.54. The first-order valence-electron chi connectivity index (χ1n) is 22.1. The number of benzene rings is 5. The van der Waals surface area contributed by atoms with Gasteiger partial charge in [-0.1, -0.05) is 121 Å². The van der Waals surface area contributed by atoms with E-state index in [0.717, 1.165) is 38.4 Å². The fourth-order valence-corrected chi connectivity index (χ4v) is 8.97. The first kappa shape index (κ1) is 44.3. The fourth-order valence-electron chi connectivity index (χ4n) is 8.97. The number of para-hydroxylation sites is 1. The molecule has 334 valence electrons. The highest BCUT2D eigenvalue weighted by molar-refractivity contribution is 5.99. The Labute approximate surface area is 376 Å². The van der Waals surface area contributed by atoms with Crippen LogP contribution in [0.5, 0.6) is 0 Å². The number of aromatic amines is 1. The molecular weight excluding hydrogens is 823 g/mol. The number of amides is 6. The smallest absolute Gasteiger partial charge is 0.246 e. The van der Waals surface area contributed by atoms with Gasteiger partial charge in [-0.25, -0.2) is 0 Å². The third-order valence-corrected chi connectivity index (χ3v) is 12.4. The van der Waals surface area contributed by atoms with Crippen molar-refractivity contribution in [3.05, 3.63) is 156 Å². The summed E-state index contributed by atoms with van der Waals surface area (Å²) in [5.41, 5.74) is 3.74. The molecule has 7 N–H and O–H groups in total. The lowest BCUT2D eigenvalue weighted by Gasteiger charge is -2.32. The SMILES string of the molecule is C[C@@H](O)[C@@H]1NC(=O)[C@H](Cc2ccccc2)NC(=O)[C@@H](Cc2c[nH]c3ccccc23)NC(=O)[C@H](Cc2cccc3ccccc23)NC(=O)[C@@H]2CCCN2C(=O)[C@H](Cc2ccccc2)NC1=O. The maximum atomic E-state index is 14.9. The van der Waals surface area contributed by atoms with Crippen molar-refractivity contribution < 1.29 is 33.9 Å². The molecule has 0 radical (unpaired) electrons. The molecule has 0 saturated carbocycles. The highest BCUT2D eigenvalue weighted by atomic mass is 16.3. The van der Waals surface area contributed by atoms with Crippen LogP contribution in [-0.2, 0) is 54.5 Å². The average molecular weight is 876 g/mol. The second-order valence-electron chi connectivity index (χ2n) is 16.9. The van der Waals surface area contributed by atoms with Crippen molar-refractivity contribution >= 4 is 57.1 Å². The van der Waals surface area contributed by atoms with E-state index in [0.29, 0.717) is 18.4 Å². The minimum Gasteiger partial charge on any atom is -0.391 e. The maximum absolute atomic E-state index is 14.9. The Kier molecular flexibility index (Phi) is 13.6. The monoisotopic (exact) mass is 875 g/mol. The van der Waals surface area contributed by atoms with Gasteiger partial charge in [-0.2, -0.15) is 0 Å². The van der Waals surface area contributed by atoms with Crippen molar-refractivity contribution in [2.75, 3.05) is 6.54 Å². The Morgan fingerprint density at radius 3 is 1.74 bits per heavy atom. The lowest BCUT2D eigenvalue weighted by Crippen LogP contribution is -2.63. The van der Waals surface area contributed by atoms with Crippen LogP contribution < -0.4 is 26.6 Å². The highest BCUT2D eigenvalue weighted by Gasteiger charge is 2.41. The summed E-state index contributed by atoms with van der Waals surface area (Å²) in [6.07, 6.45) is 1.21. The molecule has 2 aliphatic rings. The van der Waals surface area contributed by atoms with E-state index in [1.165, 1.54) is 11.8 Å². The molecule has 2 saturated heterocycles. The van der Waals surface area contributed by atoms with Gasteiger partial charge < -0.3 is 41.6 Å². The molecule has 0 unspecified atom stereocenters. The largest absolute Gasteiger partial charge is 0.391 e. The van der Waals surface area contributed by atoms with Crippen LogP contribution in [0.2, 0.25) is 0 Å². The molecule has 0 spiro atoms. The number of aromatic nitrogens is 1. The van der Waals surface area contributed by atoms with Gasteiger partial charge in [0, 0.05) is 49.3 Å². The van der Waals surface area contributed by atoms with Crippen molar-refractivity contribution in [2.45, 2.75) is 87.8 Å². The number of nitrogens with zero attached hydrogens (tertiary/aromatic N) is 1. The summed E-state index contributed by atoms with van der Waals surface area (Å²) in [5.74, 6) is -4.02. The number of nitrogens with one attached hydrogen (secondary N) is 6. The van der Waals surface area contributed by atoms with Gasteiger partial charge in [0.05, 0.1) is 6.10 Å². The zero-order valence-corrected chi connectivity index (χ0v) is 36.0. The number of rotatable bonds is 9. The van der Waals surface area contributed by atoms with Gasteiger partial charge in [0.15, 0.2) is 0 Å². The predicted molar refractivity (Wildman–Crippen MR) is 246 cm³/mol. The molecule has 0 aliphatic carbocycles. The van der Waals surface area contributed by atoms with Gasteiger partial charge >= 0.3 is 0 Å². The second kappa shape index (κ2) is 20.0. The molecule has 3 heterocycles.